The molecule has 1 saturated heterocycles. The predicted molar refractivity (Wildman–Crippen MR) is 80.4 cm³/mol. The molecule has 21 heavy (non-hydrogen) atoms. The van der Waals surface area contributed by atoms with Crippen LogP contribution in [0.1, 0.15) is 42.0 Å². The van der Waals surface area contributed by atoms with Crippen molar-refractivity contribution in [3.8, 4) is 0 Å². The Hall–Kier alpha value is -0.590. The van der Waals surface area contributed by atoms with Crippen molar-refractivity contribution in [3.05, 3.63) is 21.9 Å². The van der Waals surface area contributed by atoms with E-state index in [4.69, 9.17) is 5.73 Å². The summed E-state index contributed by atoms with van der Waals surface area (Å²) in [4.78, 5) is 4.53. The van der Waals surface area contributed by atoms with Crippen molar-refractivity contribution in [1.29, 1.82) is 0 Å². The minimum absolute atomic E-state index is 0.0366. The van der Waals surface area contributed by atoms with Gasteiger partial charge in [0.2, 0.25) is 0 Å². The van der Waals surface area contributed by atoms with E-state index in [-0.39, 0.29) is 24.9 Å². The number of thiophene rings is 1. The van der Waals surface area contributed by atoms with Crippen LogP contribution in [0.2, 0.25) is 0 Å². The van der Waals surface area contributed by atoms with Crippen LogP contribution in [0.15, 0.2) is 12.1 Å². The molecule has 1 aromatic rings. The van der Waals surface area contributed by atoms with Crippen LogP contribution in [0.4, 0.5) is 13.2 Å². The van der Waals surface area contributed by atoms with Crippen LogP contribution in [0.3, 0.4) is 0 Å². The molecule has 2 rings (SSSR count). The van der Waals surface area contributed by atoms with Crippen molar-refractivity contribution in [2.24, 2.45) is 11.7 Å². The molecule has 0 spiro atoms. The van der Waals surface area contributed by atoms with Crippen LogP contribution in [-0.2, 0) is 0 Å². The molecule has 1 aliphatic heterocycles. The molecular weight excluding hydrogens is 297 g/mol. The lowest BCUT2D eigenvalue weighted by Gasteiger charge is -2.40. The number of rotatable bonds is 4. The summed E-state index contributed by atoms with van der Waals surface area (Å²) in [6.45, 7) is 5.01. The number of hydrogen-bond acceptors (Lipinski definition) is 3. The molecule has 0 bridgehead atoms. The summed E-state index contributed by atoms with van der Waals surface area (Å²) in [6, 6.07) is 4.13. The highest BCUT2D eigenvalue weighted by molar-refractivity contribution is 7.12. The molecule has 2 heterocycles. The fourth-order valence-electron chi connectivity index (χ4n) is 3.00. The summed E-state index contributed by atoms with van der Waals surface area (Å²) in [6.07, 6.45) is -2.88. The van der Waals surface area contributed by atoms with E-state index in [1.165, 1.54) is 9.75 Å². The monoisotopic (exact) mass is 320 g/mol. The fourth-order valence-corrected chi connectivity index (χ4v) is 4.09. The summed E-state index contributed by atoms with van der Waals surface area (Å²) >= 11 is 1.70. The van der Waals surface area contributed by atoms with E-state index in [2.05, 4.69) is 17.0 Å². The van der Waals surface area contributed by atoms with Crippen LogP contribution < -0.4 is 5.73 Å². The van der Waals surface area contributed by atoms with E-state index >= 15 is 0 Å². The third-order valence-corrected chi connectivity index (χ3v) is 5.39. The number of alkyl halides is 3. The minimum Gasteiger partial charge on any atom is -0.326 e. The first-order valence-electron chi connectivity index (χ1n) is 7.45. The molecule has 2 N–H and O–H groups in total. The largest absolute Gasteiger partial charge is 0.391 e. The van der Waals surface area contributed by atoms with Gasteiger partial charge in [-0.2, -0.15) is 13.2 Å². The Morgan fingerprint density at radius 3 is 2.38 bits per heavy atom. The molecule has 0 amide bonds. The van der Waals surface area contributed by atoms with Gasteiger partial charge >= 0.3 is 6.18 Å². The van der Waals surface area contributed by atoms with Crippen LogP contribution >= 0.6 is 11.3 Å². The zero-order valence-electron chi connectivity index (χ0n) is 12.5. The van der Waals surface area contributed by atoms with Crippen molar-refractivity contribution in [2.75, 3.05) is 13.1 Å². The molecule has 1 aliphatic rings. The van der Waals surface area contributed by atoms with E-state index in [0.29, 0.717) is 13.1 Å². The molecule has 6 heteroatoms. The van der Waals surface area contributed by atoms with Gasteiger partial charge in [0.05, 0.1) is 12.0 Å². The molecule has 2 unspecified atom stereocenters. The SMILES string of the molecule is CCC(N)C(c1ccc(C)s1)N1CCC(C(F)(F)F)CC1. The highest BCUT2D eigenvalue weighted by Crippen LogP contribution is 2.38. The molecule has 0 radical (unpaired) electrons. The zero-order valence-corrected chi connectivity index (χ0v) is 13.3. The quantitative estimate of drug-likeness (QED) is 0.904. The number of likely N-dealkylation sites (tertiary alicyclic amines) is 1. The lowest BCUT2D eigenvalue weighted by atomic mass is 9.93. The molecule has 2 atom stereocenters. The molecule has 1 fully saturated rings. The van der Waals surface area contributed by atoms with Crippen LogP contribution in [0.25, 0.3) is 0 Å². The number of halogens is 3. The topological polar surface area (TPSA) is 29.3 Å². The first-order valence-corrected chi connectivity index (χ1v) is 8.27. The minimum atomic E-state index is -4.06. The number of nitrogens with zero attached hydrogens (tertiary/aromatic N) is 1. The van der Waals surface area contributed by atoms with Crippen molar-refractivity contribution in [2.45, 2.75) is 51.4 Å². The highest BCUT2D eigenvalue weighted by Gasteiger charge is 2.42. The third-order valence-electron chi connectivity index (χ3n) is 4.32. The van der Waals surface area contributed by atoms with E-state index in [0.717, 1.165) is 6.42 Å². The van der Waals surface area contributed by atoms with Crippen molar-refractivity contribution in [1.82, 2.24) is 4.90 Å². The number of hydrogen-bond donors (Lipinski definition) is 1. The Kier molecular flexibility index (Phi) is 5.33. The van der Waals surface area contributed by atoms with Crippen LogP contribution in [0, 0.1) is 12.8 Å². The zero-order chi connectivity index (χ0) is 15.6. The Balaban J connectivity index is 2.09. The van der Waals surface area contributed by atoms with Gasteiger partial charge in [-0.1, -0.05) is 6.92 Å². The maximum Gasteiger partial charge on any atom is 0.391 e. The summed E-state index contributed by atoms with van der Waals surface area (Å²) in [5.74, 6) is -1.16. The molecule has 0 aromatic carbocycles. The maximum atomic E-state index is 12.8. The molecule has 120 valence electrons. The lowest BCUT2D eigenvalue weighted by molar-refractivity contribution is -0.186. The summed E-state index contributed by atoms with van der Waals surface area (Å²) in [5.41, 5.74) is 6.25. The van der Waals surface area contributed by atoms with Gasteiger partial charge in [0.1, 0.15) is 0 Å². The Morgan fingerprint density at radius 1 is 1.33 bits per heavy atom. The van der Waals surface area contributed by atoms with E-state index in [1.54, 1.807) is 11.3 Å². The van der Waals surface area contributed by atoms with Crippen molar-refractivity contribution in [3.63, 3.8) is 0 Å². The fraction of sp³-hybridized carbons (Fsp3) is 0.733. The average Bonchev–Trinajstić information content (AvgIpc) is 2.84. The van der Waals surface area contributed by atoms with Gasteiger partial charge in [0, 0.05) is 15.8 Å². The van der Waals surface area contributed by atoms with Gasteiger partial charge in [-0.3, -0.25) is 4.90 Å². The number of aryl methyl sites for hydroxylation is 1. The molecule has 0 aliphatic carbocycles. The summed E-state index contributed by atoms with van der Waals surface area (Å²) in [5, 5.41) is 0. The van der Waals surface area contributed by atoms with Gasteiger partial charge in [0.25, 0.3) is 0 Å². The normalized spacial score (nSPS) is 21.4. The number of piperidine rings is 1. The van der Waals surface area contributed by atoms with Crippen LogP contribution in [0.5, 0.6) is 0 Å². The Labute approximate surface area is 128 Å². The van der Waals surface area contributed by atoms with E-state index in [9.17, 15) is 13.2 Å². The summed E-state index contributed by atoms with van der Waals surface area (Å²) < 4.78 is 38.3. The lowest BCUT2D eigenvalue weighted by Crippen LogP contribution is -2.46. The standard InChI is InChI=1S/C15H23F3N2S/c1-3-12(19)14(13-5-4-10(2)21-13)20-8-6-11(7-9-20)15(16,17)18/h4-5,11-12,14H,3,6-9,19H2,1-2H3. The van der Waals surface area contributed by atoms with E-state index < -0.39 is 12.1 Å². The van der Waals surface area contributed by atoms with Gasteiger partial charge in [-0.05, 0) is 51.4 Å². The second-order valence-electron chi connectivity index (χ2n) is 5.82. The van der Waals surface area contributed by atoms with Crippen molar-refractivity contribution >= 4 is 11.3 Å². The second-order valence-corrected chi connectivity index (χ2v) is 7.14. The maximum absolute atomic E-state index is 12.8. The van der Waals surface area contributed by atoms with Crippen LogP contribution in [-0.4, -0.2) is 30.2 Å². The Bertz CT molecular complexity index is 450. The Morgan fingerprint density at radius 2 is 1.95 bits per heavy atom. The van der Waals surface area contributed by atoms with E-state index in [1.807, 2.05) is 13.8 Å². The van der Waals surface area contributed by atoms with Gasteiger partial charge in [-0.15, -0.1) is 11.3 Å². The second kappa shape index (κ2) is 6.67. The van der Waals surface area contributed by atoms with Crippen molar-refractivity contribution < 1.29 is 13.2 Å². The van der Waals surface area contributed by atoms with Gasteiger partial charge in [0.15, 0.2) is 0 Å². The van der Waals surface area contributed by atoms with Gasteiger partial charge in [-0.25, -0.2) is 0 Å². The summed E-state index contributed by atoms with van der Waals surface area (Å²) in [7, 11) is 0. The molecule has 0 saturated carbocycles. The molecular formula is C15H23F3N2S. The highest BCUT2D eigenvalue weighted by atomic mass is 32.1. The number of nitrogens with two attached hydrogens (primary N) is 1. The first kappa shape index (κ1) is 16.8. The predicted octanol–water partition coefficient (Wildman–Crippen LogP) is 4.11. The van der Waals surface area contributed by atoms with Gasteiger partial charge < -0.3 is 5.73 Å². The third kappa shape index (κ3) is 3.99. The smallest absolute Gasteiger partial charge is 0.326 e. The molecule has 1 aromatic heterocycles. The first-order chi connectivity index (χ1) is 9.82. The average molecular weight is 320 g/mol. The molecule has 2 nitrogen and oxygen atoms in total.